The standard InChI is InChI=1S/2C14H18NO.Cu.Li/c2*1-11(2)10-15-13(8-9-14(15)16)12-6-4-3-5-7-12;;/h2*3-7,10-11,13H,8-9H2,1-2H3;;/q2*-1;+2;/t2*13-;;/m11../s1. The molecule has 2 aromatic rings. The van der Waals surface area contributed by atoms with Gasteiger partial charge in [-0.15, -0.1) is 0 Å². The molecular formula is C28H36CuLiN2O2. The smallest absolute Gasteiger partial charge is 0.487 e. The number of carbonyl (C=O) groups excluding carboxylic acids is 2. The van der Waals surface area contributed by atoms with Gasteiger partial charge in [0.2, 0.25) is 0 Å². The average molecular weight is 503 g/mol. The van der Waals surface area contributed by atoms with Gasteiger partial charge < -0.3 is 9.80 Å². The van der Waals surface area contributed by atoms with Gasteiger partial charge in [-0.2, -0.15) is 11.8 Å². The predicted molar refractivity (Wildman–Crippen MR) is 135 cm³/mol. The van der Waals surface area contributed by atoms with Crippen molar-refractivity contribution in [2.45, 2.75) is 65.5 Å². The Kier molecular flexibility index (Phi) is 13.3. The van der Waals surface area contributed by atoms with Crippen LogP contribution in [0.15, 0.2) is 60.7 Å². The number of likely N-dealkylation sites (tertiary alicyclic amines) is 2. The maximum absolute atomic E-state index is 11.8. The summed E-state index contributed by atoms with van der Waals surface area (Å²) in [5.41, 5.74) is 2.48. The topological polar surface area (TPSA) is 40.6 Å². The van der Waals surface area contributed by atoms with E-state index in [4.69, 9.17) is 0 Å². The number of hydrogen-bond acceptors (Lipinski definition) is 2. The van der Waals surface area contributed by atoms with E-state index in [0.29, 0.717) is 24.7 Å². The normalized spacial score (nSPS) is 19.6. The summed E-state index contributed by atoms with van der Waals surface area (Å²) in [6.07, 6.45) is 3.21. The molecule has 2 fully saturated rings. The molecule has 0 N–H and O–H groups in total. The zero-order valence-electron chi connectivity index (χ0n) is 21.1. The van der Waals surface area contributed by atoms with Crippen molar-refractivity contribution in [3.63, 3.8) is 0 Å². The number of rotatable bonds is 6. The fraction of sp³-hybridized carbons (Fsp3) is 0.429. The molecule has 4 rings (SSSR count). The summed E-state index contributed by atoms with van der Waals surface area (Å²) in [6.45, 7) is 12.5. The quantitative estimate of drug-likeness (QED) is 0.361. The molecule has 2 atom stereocenters. The van der Waals surface area contributed by atoms with Crippen LogP contribution < -0.4 is 0 Å². The summed E-state index contributed by atoms with van der Waals surface area (Å²) in [7, 11) is 0. The minimum Gasteiger partial charge on any atom is -0.487 e. The maximum atomic E-state index is 11.8. The van der Waals surface area contributed by atoms with Crippen LogP contribution in [0.25, 0.3) is 0 Å². The molecule has 34 heavy (non-hydrogen) atoms. The van der Waals surface area contributed by atoms with Crippen molar-refractivity contribution in [2.24, 2.45) is 11.8 Å². The van der Waals surface area contributed by atoms with Crippen molar-refractivity contribution in [1.29, 1.82) is 0 Å². The van der Waals surface area contributed by atoms with Crippen LogP contribution >= 0.6 is 0 Å². The van der Waals surface area contributed by atoms with Crippen molar-refractivity contribution in [3.8, 4) is 0 Å². The Bertz CT molecular complexity index is 803. The molecule has 2 aliphatic rings. The summed E-state index contributed by atoms with van der Waals surface area (Å²) in [4.78, 5) is 27.4. The van der Waals surface area contributed by atoms with Crippen LogP contribution in [0.4, 0.5) is 0 Å². The molecule has 2 radical (unpaired) electrons. The van der Waals surface area contributed by atoms with Crippen molar-refractivity contribution < 1.29 is 26.7 Å². The van der Waals surface area contributed by atoms with Gasteiger partial charge in [-0.05, 0) is 24.0 Å². The summed E-state index contributed by atoms with van der Waals surface area (Å²) < 4.78 is 0. The Labute approximate surface area is 228 Å². The monoisotopic (exact) mass is 502 g/mol. The Morgan fingerprint density at radius 2 is 1.00 bits per heavy atom. The molecular weight excluding hydrogens is 467 g/mol. The van der Waals surface area contributed by atoms with Crippen LogP contribution in [0.5, 0.6) is 0 Å². The minimum absolute atomic E-state index is 0. The van der Waals surface area contributed by atoms with E-state index in [-0.39, 0.29) is 59.8 Å². The van der Waals surface area contributed by atoms with Crippen molar-refractivity contribution in [3.05, 3.63) is 84.9 Å². The van der Waals surface area contributed by atoms with Gasteiger partial charge in [-0.25, -0.2) is 13.1 Å². The van der Waals surface area contributed by atoms with E-state index in [1.807, 2.05) is 59.3 Å². The van der Waals surface area contributed by atoms with Gasteiger partial charge in [-0.1, -0.05) is 88.4 Å². The SMILES string of the molecule is CC(C)[CH-]N1C(=O)CC[C@@H]1c1ccccc1.CC(C)[CH-]N1C(=O)CC[C@@H]1c1ccccc1.[Cu+2].[Li]. The third-order valence-electron chi connectivity index (χ3n) is 5.80. The molecule has 6 heteroatoms. The molecule has 4 nitrogen and oxygen atoms in total. The maximum Gasteiger partial charge on any atom is 2.00 e. The molecule has 0 aliphatic carbocycles. The summed E-state index contributed by atoms with van der Waals surface area (Å²) in [5, 5.41) is 0. The fourth-order valence-electron chi connectivity index (χ4n) is 4.43. The van der Waals surface area contributed by atoms with Crippen LogP contribution in [0.2, 0.25) is 0 Å². The van der Waals surface area contributed by atoms with Gasteiger partial charge in [-0.3, -0.25) is 9.59 Å². The van der Waals surface area contributed by atoms with E-state index in [2.05, 4.69) is 52.0 Å². The number of amides is 2. The molecule has 2 aliphatic heterocycles. The Morgan fingerprint density at radius 1 is 0.676 bits per heavy atom. The number of hydrogen-bond donors (Lipinski definition) is 0. The van der Waals surface area contributed by atoms with Crippen molar-refractivity contribution in [1.82, 2.24) is 9.80 Å². The molecule has 2 saturated heterocycles. The first-order chi connectivity index (χ1) is 15.4. The van der Waals surface area contributed by atoms with Crippen molar-refractivity contribution in [2.75, 3.05) is 0 Å². The van der Waals surface area contributed by atoms with E-state index < -0.39 is 0 Å². The number of carbonyl (C=O) groups is 2. The fourth-order valence-corrected chi connectivity index (χ4v) is 4.43. The van der Waals surface area contributed by atoms with Gasteiger partial charge in [0.25, 0.3) is 0 Å². The van der Waals surface area contributed by atoms with Gasteiger partial charge >= 0.3 is 17.1 Å². The summed E-state index contributed by atoms with van der Waals surface area (Å²) in [6, 6.07) is 21.1. The molecule has 2 amide bonds. The van der Waals surface area contributed by atoms with E-state index in [0.717, 1.165) is 12.8 Å². The summed E-state index contributed by atoms with van der Waals surface area (Å²) >= 11 is 0. The average Bonchev–Trinajstić information content (AvgIpc) is 3.32. The Hall–Kier alpha value is -1.50. The first-order valence-electron chi connectivity index (χ1n) is 11.8. The van der Waals surface area contributed by atoms with Crippen LogP contribution in [0.1, 0.15) is 76.6 Å². The first-order valence-corrected chi connectivity index (χ1v) is 11.8. The van der Waals surface area contributed by atoms with E-state index in [1.165, 1.54) is 11.1 Å². The molecule has 0 aromatic heterocycles. The van der Waals surface area contributed by atoms with Crippen LogP contribution in [0.3, 0.4) is 0 Å². The van der Waals surface area contributed by atoms with E-state index in [1.54, 1.807) is 0 Å². The molecule has 2 heterocycles. The molecule has 2 aromatic carbocycles. The zero-order valence-corrected chi connectivity index (χ0v) is 22.0. The van der Waals surface area contributed by atoms with Crippen LogP contribution in [0, 0.1) is 24.9 Å². The number of benzene rings is 2. The molecule has 182 valence electrons. The van der Waals surface area contributed by atoms with Gasteiger partial charge in [0, 0.05) is 43.8 Å². The van der Waals surface area contributed by atoms with Crippen molar-refractivity contribution >= 4 is 30.7 Å². The van der Waals surface area contributed by atoms with E-state index in [9.17, 15) is 9.59 Å². The Morgan fingerprint density at radius 3 is 1.29 bits per heavy atom. The van der Waals surface area contributed by atoms with Gasteiger partial charge in [0.05, 0.1) is 0 Å². The molecule has 0 spiro atoms. The van der Waals surface area contributed by atoms with Crippen LogP contribution in [-0.2, 0) is 26.7 Å². The molecule has 0 saturated carbocycles. The third-order valence-corrected chi connectivity index (χ3v) is 5.80. The molecule has 0 bridgehead atoms. The van der Waals surface area contributed by atoms with Crippen LogP contribution in [-0.4, -0.2) is 40.5 Å². The third kappa shape index (κ3) is 8.31. The van der Waals surface area contributed by atoms with E-state index >= 15 is 0 Å². The second-order valence-electron chi connectivity index (χ2n) is 9.32. The predicted octanol–water partition coefficient (Wildman–Crippen LogP) is 5.95. The zero-order chi connectivity index (χ0) is 23.1. The first kappa shape index (κ1) is 30.5. The Balaban J connectivity index is 0.000000321. The summed E-state index contributed by atoms with van der Waals surface area (Å²) in [5.74, 6) is 1.33. The molecule has 0 unspecified atom stereocenters. The number of nitrogens with zero attached hydrogens (tertiary/aromatic N) is 2. The largest absolute Gasteiger partial charge is 2.00 e. The minimum atomic E-state index is 0. The second-order valence-corrected chi connectivity index (χ2v) is 9.32. The van der Waals surface area contributed by atoms with Gasteiger partial charge in [0.15, 0.2) is 11.8 Å². The van der Waals surface area contributed by atoms with Gasteiger partial charge in [0.1, 0.15) is 0 Å². The second kappa shape index (κ2) is 14.8.